The van der Waals surface area contributed by atoms with Crippen molar-refractivity contribution in [3.8, 4) is 0 Å². The fraction of sp³-hybridized carbons (Fsp3) is 0.636. The van der Waals surface area contributed by atoms with Gasteiger partial charge in [0, 0.05) is 11.8 Å². The predicted molar refractivity (Wildman–Crippen MR) is 63.9 cm³/mol. The Hall–Kier alpha value is 0.774. The second-order valence-electron chi connectivity index (χ2n) is 2.70. The fourth-order valence-corrected chi connectivity index (χ4v) is 0.782. The molecule has 1 aliphatic carbocycles. The van der Waals surface area contributed by atoms with Crippen molar-refractivity contribution in [3.05, 3.63) is 22.1 Å². The molecule has 0 bridgehead atoms. The Labute approximate surface area is 110 Å². The van der Waals surface area contributed by atoms with Gasteiger partial charge in [0.15, 0.2) is 0 Å². The van der Waals surface area contributed by atoms with Crippen LogP contribution >= 0.6 is 23.2 Å². The number of allylic oxidation sites excluding steroid dienone is 4. The average molecular weight is 270 g/mol. The maximum absolute atomic E-state index is 5.19. The number of alkyl halides is 2. The van der Waals surface area contributed by atoms with Gasteiger partial charge in [0.25, 0.3) is 0 Å². The van der Waals surface area contributed by atoms with Crippen molar-refractivity contribution >= 4 is 23.2 Å². The molecule has 0 aromatic carbocycles. The van der Waals surface area contributed by atoms with Crippen LogP contribution in [-0.2, 0) is 20.4 Å². The third-order valence-electron chi connectivity index (χ3n) is 1.15. The van der Waals surface area contributed by atoms with Crippen molar-refractivity contribution in [2.45, 2.75) is 33.1 Å². The summed E-state index contributed by atoms with van der Waals surface area (Å²) in [4.78, 5) is 0. The molecule has 0 N–H and O–H groups in total. The van der Waals surface area contributed by atoms with Gasteiger partial charge in [0.2, 0.25) is 0 Å². The maximum atomic E-state index is 5.19. The second kappa shape index (κ2) is 16.2. The molecule has 0 nitrogen and oxygen atoms in total. The first-order chi connectivity index (χ1) is 6.72. The molecule has 0 aromatic rings. The number of rotatable bonds is 2. The molecular weight excluding hydrogens is 251 g/mol. The molecule has 0 aromatic heterocycles. The van der Waals surface area contributed by atoms with Crippen LogP contribution in [0.1, 0.15) is 33.1 Å². The van der Waals surface area contributed by atoms with Gasteiger partial charge in [-0.05, 0) is 12.8 Å². The molecule has 0 heterocycles. The van der Waals surface area contributed by atoms with Crippen LogP contribution in [0.2, 0.25) is 0 Å². The van der Waals surface area contributed by atoms with E-state index in [4.69, 9.17) is 23.2 Å². The zero-order valence-electron chi connectivity index (χ0n) is 9.02. The van der Waals surface area contributed by atoms with Gasteiger partial charge in [-0.2, -0.15) is 0 Å². The van der Waals surface area contributed by atoms with E-state index in [2.05, 4.69) is 38.7 Å². The molecule has 3 heteroatoms. The summed E-state index contributed by atoms with van der Waals surface area (Å²) in [6.07, 6.45) is 9.73. The average Bonchev–Trinajstić information content (AvgIpc) is 2.70. The van der Waals surface area contributed by atoms with E-state index in [-0.39, 0.29) is 0 Å². The first-order valence-corrected chi connectivity index (χ1v) is 6.77. The van der Waals surface area contributed by atoms with E-state index in [1.165, 1.54) is 10.3 Å². The molecule has 0 fully saturated rings. The van der Waals surface area contributed by atoms with Crippen LogP contribution in [0.4, 0.5) is 0 Å². The molecule has 81 valence electrons. The SMILES string of the molecule is CCCCl.CCCCl.[Ti][C]1=CC=CC1. The minimum atomic E-state index is 0.792. The molecule has 0 spiro atoms. The summed E-state index contributed by atoms with van der Waals surface area (Å²) in [5, 5.41) is 0. The van der Waals surface area contributed by atoms with Crippen molar-refractivity contribution in [2.24, 2.45) is 0 Å². The van der Waals surface area contributed by atoms with Crippen LogP contribution in [0.5, 0.6) is 0 Å². The Kier molecular flexibility index (Phi) is 19.9. The first-order valence-electron chi connectivity index (χ1n) is 4.92. The Morgan fingerprint density at radius 1 is 1.21 bits per heavy atom. The quantitative estimate of drug-likeness (QED) is 0.506. The van der Waals surface area contributed by atoms with E-state index in [1.54, 1.807) is 0 Å². The van der Waals surface area contributed by atoms with Gasteiger partial charge in [-0.25, -0.2) is 0 Å². The van der Waals surface area contributed by atoms with Gasteiger partial charge in [-0.15, -0.1) is 23.2 Å². The van der Waals surface area contributed by atoms with Crippen molar-refractivity contribution in [1.29, 1.82) is 0 Å². The second-order valence-corrected chi connectivity index (χ2v) is 4.46. The fourth-order valence-electron chi connectivity index (χ4n) is 0.447. The predicted octanol–water partition coefficient (Wildman–Crippen LogP) is 4.65. The van der Waals surface area contributed by atoms with Gasteiger partial charge < -0.3 is 0 Å². The van der Waals surface area contributed by atoms with E-state index in [1.807, 2.05) is 13.8 Å². The van der Waals surface area contributed by atoms with Gasteiger partial charge in [-0.3, -0.25) is 0 Å². The molecule has 0 amide bonds. The molecule has 0 unspecified atom stereocenters. The number of hydrogen-bond acceptors (Lipinski definition) is 0. The van der Waals surface area contributed by atoms with Crippen molar-refractivity contribution < 1.29 is 20.4 Å². The van der Waals surface area contributed by atoms with Gasteiger partial charge >= 0.3 is 49.0 Å². The molecular formula is C11H19Cl2Ti. The third kappa shape index (κ3) is 18.5. The van der Waals surface area contributed by atoms with Crippen LogP contribution < -0.4 is 0 Å². The Morgan fingerprint density at radius 2 is 1.64 bits per heavy atom. The molecule has 0 saturated carbocycles. The Balaban J connectivity index is 0. The minimum absolute atomic E-state index is 0.792. The van der Waals surface area contributed by atoms with Gasteiger partial charge in [0.1, 0.15) is 0 Å². The number of halogens is 2. The van der Waals surface area contributed by atoms with Crippen LogP contribution in [0.15, 0.2) is 22.1 Å². The number of hydrogen-bond donors (Lipinski definition) is 0. The monoisotopic (exact) mass is 269 g/mol. The molecule has 0 atom stereocenters. The zero-order chi connectivity index (χ0) is 11.2. The molecule has 0 radical (unpaired) electrons. The molecule has 1 rings (SSSR count). The molecule has 1 aliphatic rings. The summed E-state index contributed by atoms with van der Waals surface area (Å²) >= 11 is 12.5. The topological polar surface area (TPSA) is 0 Å². The summed E-state index contributed by atoms with van der Waals surface area (Å²) in [5.74, 6) is 1.58. The van der Waals surface area contributed by atoms with Gasteiger partial charge in [0.05, 0.1) is 0 Å². The normalized spacial score (nSPS) is 12.1. The summed E-state index contributed by atoms with van der Waals surface area (Å²) in [6.45, 7) is 4.10. The standard InChI is InChI=1S/C5H5.2C3H7Cl.Ti/c1-2-4-5-3-1;2*1-2-3-4;/h1-3H,4H2;2*2-3H2,1H3;. The third-order valence-corrected chi connectivity index (χ3v) is 2.48. The molecule has 0 aliphatic heterocycles. The summed E-state index contributed by atoms with van der Waals surface area (Å²) in [7, 11) is 0. The van der Waals surface area contributed by atoms with E-state index in [0.717, 1.165) is 24.6 Å². The van der Waals surface area contributed by atoms with E-state index >= 15 is 0 Å². The summed E-state index contributed by atoms with van der Waals surface area (Å²) in [6, 6.07) is 0. The van der Waals surface area contributed by atoms with Crippen LogP contribution in [-0.4, -0.2) is 11.8 Å². The first kappa shape index (κ1) is 17.2. The molecule has 14 heavy (non-hydrogen) atoms. The van der Waals surface area contributed by atoms with Crippen molar-refractivity contribution in [2.75, 3.05) is 11.8 Å². The van der Waals surface area contributed by atoms with Crippen LogP contribution in [0, 0.1) is 0 Å². The van der Waals surface area contributed by atoms with Crippen molar-refractivity contribution in [3.63, 3.8) is 0 Å². The summed E-state index contributed by atoms with van der Waals surface area (Å²) in [5.41, 5.74) is 0. The molecule has 0 saturated heterocycles. The van der Waals surface area contributed by atoms with Gasteiger partial charge in [-0.1, -0.05) is 13.8 Å². The Morgan fingerprint density at radius 3 is 1.71 bits per heavy atom. The van der Waals surface area contributed by atoms with E-state index in [0.29, 0.717) is 0 Å². The summed E-state index contributed by atoms with van der Waals surface area (Å²) < 4.78 is 1.47. The zero-order valence-corrected chi connectivity index (χ0v) is 12.1. The van der Waals surface area contributed by atoms with Crippen LogP contribution in [0.25, 0.3) is 0 Å². The van der Waals surface area contributed by atoms with Crippen molar-refractivity contribution in [1.82, 2.24) is 0 Å². The van der Waals surface area contributed by atoms with E-state index < -0.39 is 0 Å². The Bertz CT molecular complexity index is 145. The van der Waals surface area contributed by atoms with Crippen LogP contribution in [0.3, 0.4) is 0 Å². The van der Waals surface area contributed by atoms with E-state index in [9.17, 15) is 0 Å².